The average molecular weight is 348 g/mol. The Labute approximate surface area is 147 Å². The van der Waals surface area contributed by atoms with E-state index >= 15 is 0 Å². The summed E-state index contributed by atoms with van der Waals surface area (Å²) in [5.41, 5.74) is 1.85. The van der Waals surface area contributed by atoms with Crippen LogP contribution in [0, 0.1) is 0 Å². The molecule has 6 heteroatoms. The molecule has 4 nitrogen and oxygen atoms in total. The van der Waals surface area contributed by atoms with Gasteiger partial charge in [0.15, 0.2) is 0 Å². The van der Waals surface area contributed by atoms with Gasteiger partial charge in [0.1, 0.15) is 0 Å². The summed E-state index contributed by atoms with van der Waals surface area (Å²) < 4.78 is 17.3. The average Bonchev–Trinajstić information content (AvgIpc) is 2.65. The number of hydrogen-bond donors (Lipinski definition) is 0. The third kappa shape index (κ3) is 3.93. The second-order valence-electron chi connectivity index (χ2n) is 8.73. The van der Waals surface area contributed by atoms with Crippen LogP contribution in [0.1, 0.15) is 43.6 Å². The lowest BCUT2D eigenvalue weighted by Gasteiger charge is -2.32. The van der Waals surface area contributed by atoms with Gasteiger partial charge in [0.2, 0.25) is 0 Å². The fourth-order valence-electron chi connectivity index (χ4n) is 2.76. The molecule has 1 aromatic rings. The van der Waals surface area contributed by atoms with Gasteiger partial charge in [-0.1, -0.05) is 31.3 Å². The van der Waals surface area contributed by atoms with Crippen LogP contribution in [0.25, 0.3) is 0 Å². The predicted molar refractivity (Wildman–Crippen MR) is 101 cm³/mol. The molecule has 132 valence electrons. The van der Waals surface area contributed by atoms with Crippen molar-refractivity contribution < 1.29 is 18.8 Å². The summed E-state index contributed by atoms with van der Waals surface area (Å²) in [6, 6.07) is 6.72. The first kappa shape index (κ1) is 19.2. The highest BCUT2D eigenvalue weighted by atomic mass is 28.3. The Hall–Kier alpha value is -1.11. The second kappa shape index (κ2) is 6.32. The van der Waals surface area contributed by atoms with Crippen LogP contribution in [0.4, 0.5) is 0 Å². The summed E-state index contributed by atoms with van der Waals surface area (Å²) in [5, 5.41) is 0. The lowest BCUT2D eigenvalue weighted by molar-refractivity contribution is 0.00578. The van der Waals surface area contributed by atoms with Gasteiger partial charge in [-0.05, 0) is 51.3 Å². The maximum atomic E-state index is 11.9. The lowest BCUT2D eigenvalue weighted by Crippen LogP contribution is -2.41. The third-order valence-electron chi connectivity index (χ3n) is 4.79. The van der Waals surface area contributed by atoms with E-state index in [1.165, 1.54) is 12.7 Å². The summed E-state index contributed by atoms with van der Waals surface area (Å²) in [6.07, 6.45) is 0. The van der Waals surface area contributed by atoms with E-state index in [4.69, 9.17) is 14.0 Å². The van der Waals surface area contributed by atoms with E-state index < -0.39 is 26.4 Å². The van der Waals surface area contributed by atoms with Gasteiger partial charge < -0.3 is 14.0 Å². The van der Waals surface area contributed by atoms with Crippen molar-refractivity contribution in [2.75, 3.05) is 7.11 Å². The van der Waals surface area contributed by atoms with Gasteiger partial charge in [0.25, 0.3) is 0 Å². The van der Waals surface area contributed by atoms with Crippen molar-refractivity contribution >= 4 is 26.6 Å². The van der Waals surface area contributed by atoms with Gasteiger partial charge >= 0.3 is 13.1 Å². The Bertz CT molecular complexity index is 618. The molecule has 0 bridgehead atoms. The van der Waals surface area contributed by atoms with Crippen LogP contribution in [-0.4, -0.2) is 39.5 Å². The number of hydrogen-bond acceptors (Lipinski definition) is 4. The van der Waals surface area contributed by atoms with Crippen LogP contribution >= 0.6 is 0 Å². The Kier molecular flexibility index (Phi) is 5.06. The Morgan fingerprint density at radius 3 is 2.12 bits per heavy atom. The first-order chi connectivity index (χ1) is 10.9. The van der Waals surface area contributed by atoms with Crippen molar-refractivity contribution in [1.29, 1.82) is 0 Å². The molecule has 0 atom stereocenters. The van der Waals surface area contributed by atoms with Crippen molar-refractivity contribution in [3.8, 4) is 0 Å². The van der Waals surface area contributed by atoms with E-state index in [9.17, 15) is 4.79 Å². The molecule has 1 fully saturated rings. The van der Waals surface area contributed by atoms with E-state index in [1.54, 1.807) is 0 Å². The van der Waals surface area contributed by atoms with E-state index in [0.29, 0.717) is 5.56 Å². The van der Waals surface area contributed by atoms with Crippen LogP contribution in [-0.2, 0) is 20.1 Å². The highest BCUT2D eigenvalue weighted by molar-refractivity contribution is 6.76. The molecule has 0 radical (unpaired) electrons. The third-order valence-corrected chi connectivity index (χ3v) is 6.24. The molecule has 1 heterocycles. The standard InChI is InChI=1S/C18H29BO4Si/c1-17(2)18(3,4)23-19(22-17)15-11-13(16(20)21-5)9-10-14(15)12-24(6,7)8/h9-11H,12H2,1-8H3. The topological polar surface area (TPSA) is 44.8 Å². The van der Waals surface area contributed by atoms with Crippen LogP contribution in [0.5, 0.6) is 0 Å². The first-order valence-corrected chi connectivity index (χ1v) is 12.1. The molecule has 0 unspecified atom stereocenters. The van der Waals surface area contributed by atoms with Gasteiger partial charge in [-0.25, -0.2) is 4.79 Å². The highest BCUT2D eigenvalue weighted by Crippen LogP contribution is 2.36. The molecule has 24 heavy (non-hydrogen) atoms. The maximum absolute atomic E-state index is 11.9. The lowest BCUT2D eigenvalue weighted by atomic mass is 9.75. The smallest absolute Gasteiger partial charge is 0.465 e. The summed E-state index contributed by atoms with van der Waals surface area (Å²) >= 11 is 0. The summed E-state index contributed by atoms with van der Waals surface area (Å²) in [4.78, 5) is 11.9. The normalized spacial score (nSPS) is 19.4. The maximum Gasteiger partial charge on any atom is 0.495 e. The molecular weight excluding hydrogens is 319 g/mol. The molecular formula is C18H29BO4Si. The van der Waals surface area contributed by atoms with Gasteiger partial charge in [-0.15, -0.1) is 0 Å². The van der Waals surface area contributed by atoms with Crippen molar-refractivity contribution in [3.05, 3.63) is 29.3 Å². The molecule has 1 aromatic carbocycles. The quantitative estimate of drug-likeness (QED) is 0.619. The SMILES string of the molecule is COC(=O)c1ccc(C[Si](C)(C)C)c(B2OC(C)(C)C(C)(C)O2)c1. The summed E-state index contributed by atoms with van der Waals surface area (Å²) in [6.45, 7) is 15.1. The fourth-order valence-corrected chi connectivity index (χ4v) is 4.23. The second-order valence-corrected chi connectivity index (χ2v) is 14.2. The molecule has 2 rings (SSSR count). The minimum absolute atomic E-state index is 0.340. The van der Waals surface area contributed by atoms with Crippen molar-refractivity contribution in [3.63, 3.8) is 0 Å². The highest BCUT2D eigenvalue weighted by Gasteiger charge is 2.52. The van der Waals surface area contributed by atoms with E-state index in [-0.39, 0.29) is 5.97 Å². The number of esters is 1. The van der Waals surface area contributed by atoms with E-state index in [1.807, 2.05) is 45.9 Å². The van der Waals surface area contributed by atoms with E-state index in [2.05, 4.69) is 19.6 Å². The molecule has 0 N–H and O–H groups in total. The van der Waals surface area contributed by atoms with Gasteiger partial charge in [-0.3, -0.25) is 0 Å². The van der Waals surface area contributed by atoms with Gasteiger partial charge in [0.05, 0.1) is 23.9 Å². The number of carbonyl (C=O) groups is 1. The molecule has 1 aliphatic rings. The zero-order chi connectivity index (χ0) is 18.3. The van der Waals surface area contributed by atoms with Crippen LogP contribution in [0.15, 0.2) is 18.2 Å². The predicted octanol–water partition coefficient (Wildman–Crippen LogP) is 3.19. The molecule has 1 saturated heterocycles. The van der Waals surface area contributed by atoms with E-state index in [0.717, 1.165) is 11.5 Å². The largest absolute Gasteiger partial charge is 0.495 e. The van der Waals surface area contributed by atoms with Gasteiger partial charge in [-0.2, -0.15) is 0 Å². The Balaban J connectivity index is 2.47. The van der Waals surface area contributed by atoms with Gasteiger partial charge in [0, 0.05) is 8.07 Å². The number of carbonyl (C=O) groups excluding carboxylic acids is 1. The monoisotopic (exact) mass is 348 g/mol. The minimum Gasteiger partial charge on any atom is -0.465 e. The fraction of sp³-hybridized carbons (Fsp3) is 0.611. The number of rotatable bonds is 4. The summed E-state index contributed by atoms with van der Waals surface area (Å²) in [7, 11) is -0.403. The van der Waals surface area contributed by atoms with Crippen molar-refractivity contribution in [2.24, 2.45) is 0 Å². The zero-order valence-electron chi connectivity index (χ0n) is 16.1. The van der Waals surface area contributed by atoms with Crippen LogP contribution in [0.2, 0.25) is 19.6 Å². The molecule has 0 aromatic heterocycles. The number of ether oxygens (including phenoxy) is 1. The minimum atomic E-state index is -1.33. The first-order valence-electron chi connectivity index (χ1n) is 8.43. The number of methoxy groups -OCH3 is 1. The zero-order valence-corrected chi connectivity index (χ0v) is 17.1. The molecule has 1 aliphatic heterocycles. The Morgan fingerprint density at radius 1 is 1.12 bits per heavy atom. The van der Waals surface area contributed by atoms with Crippen LogP contribution in [0.3, 0.4) is 0 Å². The summed E-state index contributed by atoms with van der Waals surface area (Å²) in [5.74, 6) is -0.340. The molecule has 0 aliphatic carbocycles. The van der Waals surface area contributed by atoms with Crippen molar-refractivity contribution in [1.82, 2.24) is 0 Å². The molecule has 0 spiro atoms. The van der Waals surface area contributed by atoms with Crippen molar-refractivity contribution in [2.45, 2.75) is 64.6 Å². The number of benzene rings is 1. The molecule has 0 amide bonds. The molecule has 0 saturated carbocycles. The van der Waals surface area contributed by atoms with Crippen LogP contribution < -0.4 is 5.46 Å². The Morgan fingerprint density at radius 2 is 1.67 bits per heavy atom.